The Bertz CT molecular complexity index is 219. The van der Waals surface area contributed by atoms with E-state index in [2.05, 4.69) is 24.2 Å². The van der Waals surface area contributed by atoms with Crippen LogP contribution >= 0.6 is 0 Å². The normalized spacial score (nSPS) is 31.8. The van der Waals surface area contributed by atoms with Crippen LogP contribution in [0.5, 0.6) is 0 Å². The smallest absolute Gasteiger partial charge is 0.0615 e. The molecule has 0 amide bonds. The van der Waals surface area contributed by atoms with Crippen LogP contribution < -0.4 is 5.32 Å². The van der Waals surface area contributed by atoms with Crippen LogP contribution in [0.3, 0.4) is 0 Å². The highest BCUT2D eigenvalue weighted by Gasteiger charge is 2.36. The molecule has 0 heterocycles. The van der Waals surface area contributed by atoms with Gasteiger partial charge in [-0.15, -0.1) is 0 Å². The van der Waals surface area contributed by atoms with Crippen LogP contribution in [-0.2, 0) is 4.74 Å². The Kier molecular flexibility index (Phi) is 5.86. The third-order valence-electron chi connectivity index (χ3n) is 4.33. The maximum atomic E-state index is 9.58. The fraction of sp³-hybridized carbons (Fsp3) is 1.00. The molecule has 1 rings (SSSR count). The van der Waals surface area contributed by atoms with Gasteiger partial charge in [-0.25, -0.2) is 0 Å². The average Bonchev–Trinajstić information content (AvgIpc) is 2.38. The lowest BCUT2D eigenvalue weighted by Crippen LogP contribution is -2.55. The Labute approximate surface area is 105 Å². The lowest BCUT2D eigenvalue weighted by atomic mass is 9.79. The summed E-state index contributed by atoms with van der Waals surface area (Å²) in [5.41, 5.74) is -0.0794. The van der Waals surface area contributed by atoms with Gasteiger partial charge in [-0.2, -0.15) is 0 Å². The van der Waals surface area contributed by atoms with Crippen molar-refractivity contribution in [1.82, 2.24) is 10.2 Å². The summed E-state index contributed by atoms with van der Waals surface area (Å²) in [6.45, 7) is 3.18. The van der Waals surface area contributed by atoms with Gasteiger partial charge in [0.1, 0.15) is 0 Å². The molecule has 102 valence electrons. The third kappa shape index (κ3) is 3.65. The number of nitrogens with one attached hydrogen (secondary N) is 1. The first-order valence-corrected chi connectivity index (χ1v) is 6.59. The van der Waals surface area contributed by atoms with Gasteiger partial charge in [0, 0.05) is 24.7 Å². The summed E-state index contributed by atoms with van der Waals surface area (Å²) in [6.07, 6.45) is 4.48. The molecule has 4 nitrogen and oxygen atoms in total. The molecule has 0 aromatic heterocycles. The van der Waals surface area contributed by atoms with Gasteiger partial charge in [-0.3, -0.25) is 4.90 Å². The van der Waals surface area contributed by atoms with Gasteiger partial charge in [0.05, 0.1) is 13.2 Å². The van der Waals surface area contributed by atoms with Crippen molar-refractivity contribution in [3.8, 4) is 0 Å². The van der Waals surface area contributed by atoms with Crippen molar-refractivity contribution in [2.45, 2.75) is 50.2 Å². The van der Waals surface area contributed by atoms with E-state index in [0.29, 0.717) is 12.1 Å². The molecule has 17 heavy (non-hydrogen) atoms. The lowest BCUT2D eigenvalue weighted by molar-refractivity contribution is 0.0365. The second-order valence-electron chi connectivity index (χ2n) is 5.41. The zero-order valence-corrected chi connectivity index (χ0v) is 11.7. The molecule has 1 fully saturated rings. The first-order chi connectivity index (χ1) is 8.08. The zero-order valence-electron chi connectivity index (χ0n) is 11.7. The highest BCUT2D eigenvalue weighted by Crippen LogP contribution is 2.31. The molecule has 4 heteroatoms. The van der Waals surface area contributed by atoms with Gasteiger partial charge in [0.15, 0.2) is 0 Å². The molecule has 0 aromatic rings. The van der Waals surface area contributed by atoms with Crippen LogP contribution in [0.4, 0.5) is 0 Å². The van der Waals surface area contributed by atoms with Crippen LogP contribution in [0.2, 0.25) is 0 Å². The number of hydrogen-bond donors (Lipinski definition) is 2. The molecule has 0 aliphatic heterocycles. The van der Waals surface area contributed by atoms with Crippen LogP contribution in [0.15, 0.2) is 0 Å². The number of aliphatic hydroxyl groups is 1. The van der Waals surface area contributed by atoms with E-state index < -0.39 is 0 Å². The number of aliphatic hydroxyl groups excluding tert-OH is 1. The minimum atomic E-state index is -0.0794. The van der Waals surface area contributed by atoms with Crippen LogP contribution in [0.1, 0.15) is 32.6 Å². The summed E-state index contributed by atoms with van der Waals surface area (Å²) in [7, 11) is 5.87. The summed E-state index contributed by atoms with van der Waals surface area (Å²) in [5, 5.41) is 12.9. The van der Waals surface area contributed by atoms with Crippen molar-refractivity contribution in [1.29, 1.82) is 0 Å². The maximum absolute atomic E-state index is 9.58. The number of hydrogen-bond acceptors (Lipinski definition) is 4. The summed E-state index contributed by atoms with van der Waals surface area (Å²) in [4.78, 5) is 2.39. The van der Waals surface area contributed by atoms with Crippen molar-refractivity contribution in [3.05, 3.63) is 0 Å². The van der Waals surface area contributed by atoms with Gasteiger partial charge in [0.2, 0.25) is 0 Å². The predicted molar refractivity (Wildman–Crippen MR) is 70.2 cm³/mol. The third-order valence-corrected chi connectivity index (χ3v) is 4.33. The van der Waals surface area contributed by atoms with E-state index >= 15 is 0 Å². The second-order valence-corrected chi connectivity index (χ2v) is 5.41. The number of rotatable bonds is 6. The molecular formula is C13H28N2O2. The number of ether oxygens (including phenoxy) is 1. The van der Waals surface area contributed by atoms with Crippen molar-refractivity contribution in [2.75, 3.05) is 34.4 Å². The minimum Gasteiger partial charge on any atom is -0.394 e. The molecule has 0 saturated heterocycles. The molecule has 3 unspecified atom stereocenters. The second kappa shape index (κ2) is 6.69. The summed E-state index contributed by atoms with van der Waals surface area (Å²) >= 11 is 0. The number of methoxy groups -OCH3 is 1. The minimum absolute atomic E-state index is 0.0794. The maximum Gasteiger partial charge on any atom is 0.0615 e. The zero-order chi connectivity index (χ0) is 12.9. The largest absolute Gasteiger partial charge is 0.394 e. The van der Waals surface area contributed by atoms with E-state index in [-0.39, 0.29) is 12.1 Å². The van der Waals surface area contributed by atoms with Crippen molar-refractivity contribution in [2.24, 2.45) is 0 Å². The summed E-state index contributed by atoms with van der Waals surface area (Å²) < 4.78 is 5.21. The monoisotopic (exact) mass is 244 g/mol. The quantitative estimate of drug-likeness (QED) is 0.727. The fourth-order valence-electron chi connectivity index (χ4n) is 2.85. The van der Waals surface area contributed by atoms with Gasteiger partial charge in [-0.1, -0.05) is 0 Å². The molecule has 0 spiro atoms. The predicted octanol–water partition coefficient (Wildman–Crippen LogP) is 0.846. The Hall–Kier alpha value is -0.160. The SMILES string of the molecule is CNC1(CO)CCCC(N(C)C(C)COC)C1. The van der Waals surface area contributed by atoms with Crippen LogP contribution in [0, 0.1) is 0 Å². The highest BCUT2D eigenvalue weighted by molar-refractivity contribution is 4.95. The van der Waals surface area contributed by atoms with E-state index in [1.165, 1.54) is 12.8 Å². The summed E-state index contributed by atoms with van der Waals surface area (Å²) in [5.74, 6) is 0. The first kappa shape index (κ1) is 14.9. The van der Waals surface area contributed by atoms with E-state index in [9.17, 15) is 5.11 Å². The molecule has 0 aromatic carbocycles. The topological polar surface area (TPSA) is 44.7 Å². The Balaban J connectivity index is 2.59. The van der Waals surface area contributed by atoms with Crippen molar-refractivity contribution < 1.29 is 9.84 Å². The molecule has 3 atom stereocenters. The Morgan fingerprint density at radius 2 is 2.29 bits per heavy atom. The first-order valence-electron chi connectivity index (χ1n) is 6.59. The van der Waals surface area contributed by atoms with Crippen LogP contribution in [0.25, 0.3) is 0 Å². The molecule has 1 aliphatic carbocycles. The molecule has 1 aliphatic rings. The van der Waals surface area contributed by atoms with Crippen molar-refractivity contribution >= 4 is 0 Å². The van der Waals surface area contributed by atoms with Crippen LogP contribution in [-0.4, -0.2) is 62.0 Å². The molecule has 1 saturated carbocycles. The fourth-order valence-corrected chi connectivity index (χ4v) is 2.85. The van der Waals surface area contributed by atoms with E-state index in [1.54, 1.807) is 7.11 Å². The number of nitrogens with zero attached hydrogens (tertiary/aromatic N) is 1. The Morgan fingerprint density at radius 3 is 2.82 bits per heavy atom. The van der Waals surface area contributed by atoms with Gasteiger partial charge in [0.25, 0.3) is 0 Å². The highest BCUT2D eigenvalue weighted by atomic mass is 16.5. The van der Waals surface area contributed by atoms with E-state index in [4.69, 9.17) is 4.74 Å². The average molecular weight is 244 g/mol. The van der Waals surface area contributed by atoms with Crippen molar-refractivity contribution in [3.63, 3.8) is 0 Å². The Morgan fingerprint density at radius 1 is 1.59 bits per heavy atom. The molecule has 0 radical (unpaired) electrons. The summed E-state index contributed by atoms with van der Waals surface area (Å²) in [6, 6.07) is 0.963. The number of likely N-dealkylation sites (N-methyl/N-ethyl adjacent to an activating group) is 2. The van der Waals surface area contributed by atoms with E-state index in [0.717, 1.165) is 19.4 Å². The molecule has 0 bridgehead atoms. The molecular weight excluding hydrogens is 216 g/mol. The standard InChI is InChI=1S/C13H28N2O2/c1-11(9-17-4)15(3)12-6-5-7-13(8-12,10-16)14-2/h11-12,14,16H,5-10H2,1-4H3. The lowest BCUT2D eigenvalue weighted by Gasteiger charge is -2.44. The van der Waals surface area contributed by atoms with Gasteiger partial charge < -0.3 is 15.2 Å². The molecule has 2 N–H and O–H groups in total. The van der Waals surface area contributed by atoms with Gasteiger partial charge >= 0.3 is 0 Å². The van der Waals surface area contributed by atoms with E-state index in [1.807, 2.05) is 7.05 Å². The van der Waals surface area contributed by atoms with Gasteiger partial charge in [-0.05, 0) is 46.7 Å².